The van der Waals surface area contributed by atoms with E-state index >= 15 is 0 Å². The first-order valence-electron chi connectivity index (χ1n) is 8.95. The number of aromatic nitrogens is 4. The molecule has 29 heavy (non-hydrogen) atoms. The summed E-state index contributed by atoms with van der Waals surface area (Å²) in [7, 11) is 0. The highest BCUT2D eigenvalue weighted by Gasteiger charge is 2.33. The van der Waals surface area contributed by atoms with E-state index in [9.17, 15) is 13.2 Å². The average molecular weight is 405 g/mol. The Labute approximate surface area is 164 Å². The molecule has 4 rings (SSSR count). The van der Waals surface area contributed by atoms with Crippen molar-refractivity contribution in [3.8, 4) is 22.8 Å². The van der Waals surface area contributed by atoms with Crippen molar-refractivity contribution < 1.29 is 22.6 Å². The third-order valence-electron chi connectivity index (χ3n) is 4.41. The molecule has 1 aliphatic rings. The van der Waals surface area contributed by atoms with Crippen molar-refractivity contribution in [3.63, 3.8) is 0 Å². The van der Waals surface area contributed by atoms with Gasteiger partial charge in [0.2, 0.25) is 6.79 Å². The van der Waals surface area contributed by atoms with Crippen LogP contribution in [0.2, 0.25) is 0 Å². The Morgan fingerprint density at radius 3 is 2.79 bits per heavy atom. The fourth-order valence-electron chi connectivity index (χ4n) is 3.06. The van der Waals surface area contributed by atoms with Crippen molar-refractivity contribution in [2.24, 2.45) is 0 Å². The molecular weight excluding hydrogens is 387 g/mol. The molecule has 152 valence electrons. The van der Waals surface area contributed by atoms with Crippen molar-refractivity contribution in [3.05, 3.63) is 53.2 Å². The molecule has 0 fully saturated rings. The minimum atomic E-state index is -4.48. The second-order valence-corrected chi connectivity index (χ2v) is 6.57. The summed E-state index contributed by atoms with van der Waals surface area (Å²) >= 11 is 0. The second kappa shape index (κ2) is 7.70. The van der Waals surface area contributed by atoms with Crippen LogP contribution in [-0.2, 0) is 19.1 Å². The summed E-state index contributed by atoms with van der Waals surface area (Å²) in [5.41, 5.74) is 2.04. The summed E-state index contributed by atoms with van der Waals surface area (Å²) in [6.07, 6.45) is -2.49. The number of aromatic amines is 1. The molecule has 2 N–H and O–H groups in total. The van der Waals surface area contributed by atoms with Crippen LogP contribution >= 0.6 is 0 Å². The molecule has 1 aromatic carbocycles. The number of benzene rings is 1. The monoisotopic (exact) mass is 405 g/mol. The molecule has 3 aromatic rings. The third kappa shape index (κ3) is 4.32. The van der Waals surface area contributed by atoms with Crippen LogP contribution in [0.15, 0.2) is 30.5 Å². The molecule has 10 heteroatoms. The topological polar surface area (TPSA) is 85.0 Å². The van der Waals surface area contributed by atoms with Crippen molar-refractivity contribution in [1.82, 2.24) is 25.5 Å². The number of nitrogens with one attached hydrogen (secondary N) is 2. The van der Waals surface area contributed by atoms with Gasteiger partial charge in [0.25, 0.3) is 0 Å². The summed E-state index contributed by atoms with van der Waals surface area (Å²) < 4.78 is 49.4. The Morgan fingerprint density at radius 1 is 1.14 bits per heavy atom. The van der Waals surface area contributed by atoms with E-state index in [1.807, 2.05) is 18.2 Å². The van der Waals surface area contributed by atoms with Gasteiger partial charge in [-0.3, -0.25) is 5.10 Å². The number of halogens is 3. The Morgan fingerprint density at radius 2 is 1.97 bits per heavy atom. The van der Waals surface area contributed by atoms with E-state index in [2.05, 4.69) is 25.5 Å². The zero-order valence-electron chi connectivity index (χ0n) is 15.5. The van der Waals surface area contributed by atoms with E-state index in [0.717, 1.165) is 22.9 Å². The molecule has 0 atom stereocenters. The average Bonchev–Trinajstić information content (AvgIpc) is 3.32. The molecule has 0 amide bonds. The lowest BCUT2D eigenvalue weighted by Crippen LogP contribution is -2.19. The zero-order chi connectivity index (χ0) is 20.4. The lowest BCUT2D eigenvalue weighted by Gasteiger charge is -2.09. The summed E-state index contributed by atoms with van der Waals surface area (Å²) in [6, 6.07) is 6.56. The summed E-state index contributed by atoms with van der Waals surface area (Å²) in [5.74, 6) is 1.53. The van der Waals surface area contributed by atoms with Gasteiger partial charge in [0.15, 0.2) is 11.5 Å². The van der Waals surface area contributed by atoms with Crippen LogP contribution in [0.1, 0.15) is 22.8 Å². The highest BCUT2D eigenvalue weighted by atomic mass is 19.4. The number of alkyl halides is 3. The molecule has 7 nitrogen and oxygen atoms in total. The van der Waals surface area contributed by atoms with Gasteiger partial charge >= 0.3 is 6.18 Å². The van der Waals surface area contributed by atoms with Crippen LogP contribution in [0.3, 0.4) is 0 Å². The van der Waals surface area contributed by atoms with Gasteiger partial charge in [0, 0.05) is 36.3 Å². The van der Waals surface area contributed by atoms with Crippen molar-refractivity contribution >= 4 is 0 Å². The second-order valence-electron chi connectivity index (χ2n) is 6.57. The maximum atomic E-state index is 12.9. The number of H-pyrrole nitrogens is 1. The van der Waals surface area contributed by atoms with Crippen LogP contribution in [0.25, 0.3) is 11.3 Å². The van der Waals surface area contributed by atoms with Gasteiger partial charge in [-0.25, -0.2) is 9.97 Å². The molecule has 0 radical (unpaired) electrons. The SMILES string of the molecule is Cc1cc(C(F)(F)F)nc(CCNCc2cn[nH]c2-c2ccc3c(c2)OCO3)n1. The Bertz CT molecular complexity index is 1020. The van der Waals surface area contributed by atoms with Crippen LogP contribution in [-0.4, -0.2) is 33.5 Å². The number of hydrogen-bond donors (Lipinski definition) is 2. The third-order valence-corrected chi connectivity index (χ3v) is 4.41. The molecule has 0 saturated carbocycles. The van der Waals surface area contributed by atoms with E-state index in [4.69, 9.17) is 9.47 Å². The van der Waals surface area contributed by atoms with Crippen molar-refractivity contribution in [2.45, 2.75) is 26.1 Å². The first kappa shape index (κ1) is 19.2. The number of fused-ring (bicyclic) bond motifs is 1. The maximum Gasteiger partial charge on any atom is 0.433 e. The first-order valence-corrected chi connectivity index (χ1v) is 8.95. The van der Waals surface area contributed by atoms with E-state index in [-0.39, 0.29) is 19.0 Å². The van der Waals surface area contributed by atoms with Gasteiger partial charge < -0.3 is 14.8 Å². The van der Waals surface area contributed by atoms with Gasteiger partial charge in [0.05, 0.1) is 11.9 Å². The van der Waals surface area contributed by atoms with Gasteiger partial charge in [-0.05, 0) is 31.2 Å². The molecule has 3 heterocycles. The predicted molar refractivity (Wildman–Crippen MR) is 97.3 cm³/mol. The number of aryl methyl sites for hydroxylation is 1. The predicted octanol–water partition coefficient (Wildman–Crippen LogP) is 3.25. The molecular formula is C19H18F3N5O2. The number of hydrogen-bond acceptors (Lipinski definition) is 6. The Balaban J connectivity index is 1.38. The first-order chi connectivity index (χ1) is 13.9. The molecule has 1 aliphatic heterocycles. The minimum Gasteiger partial charge on any atom is -0.454 e. The molecule has 0 bridgehead atoms. The van der Waals surface area contributed by atoms with Crippen molar-refractivity contribution in [2.75, 3.05) is 13.3 Å². The summed E-state index contributed by atoms with van der Waals surface area (Å²) in [6.45, 7) is 2.63. The number of rotatable bonds is 6. The lowest BCUT2D eigenvalue weighted by atomic mass is 10.1. The Kier molecular flexibility index (Phi) is 5.10. The molecule has 0 aliphatic carbocycles. The van der Waals surface area contributed by atoms with Gasteiger partial charge in [-0.1, -0.05) is 0 Å². The molecule has 0 saturated heterocycles. The number of nitrogens with zero attached hydrogens (tertiary/aromatic N) is 3. The Hall–Kier alpha value is -3.14. The van der Waals surface area contributed by atoms with Gasteiger partial charge in [-0.15, -0.1) is 0 Å². The van der Waals surface area contributed by atoms with Gasteiger partial charge in [-0.2, -0.15) is 18.3 Å². The molecule has 0 spiro atoms. The van der Waals surface area contributed by atoms with E-state index < -0.39 is 11.9 Å². The van der Waals surface area contributed by atoms with Crippen LogP contribution in [0.4, 0.5) is 13.2 Å². The summed E-state index contributed by atoms with van der Waals surface area (Å²) in [5, 5.41) is 10.3. The van der Waals surface area contributed by atoms with E-state index in [0.29, 0.717) is 30.3 Å². The fraction of sp³-hybridized carbons (Fsp3) is 0.316. The van der Waals surface area contributed by atoms with Crippen LogP contribution in [0, 0.1) is 6.92 Å². The fourth-order valence-corrected chi connectivity index (χ4v) is 3.06. The standard InChI is InChI=1S/C19H18F3N5O2/c1-11-6-16(19(20,21)22)26-17(25-11)4-5-23-8-13-9-24-27-18(13)12-2-3-14-15(7-12)29-10-28-14/h2-3,6-7,9,23H,4-5,8,10H2,1H3,(H,24,27). The molecule has 2 aromatic heterocycles. The summed E-state index contributed by atoms with van der Waals surface area (Å²) in [4.78, 5) is 7.70. The highest BCUT2D eigenvalue weighted by molar-refractivity contribution is 5.66. The maximum absolute atomic E-state index is 12.9. The quantitative estimate of drug-likeness (QED) is 0.613. The van der Waals surface area contributed by atoms with Gasteiger partial charge in [0.1, 0.15) is 11.5 Å². The smallest absolute Gasteiger partial charge is 0.433 e. The van der Waals surface area contributed by atoms with E-state index in [1.54, 1.807) is 6.20 Å². The zero-order valence-corrected chi connectivity index (χ0v) is 15.5. The largest absolute Gasteiger partial charge is 0.454 e. The highest BCUT2D eigenvalue weighted by Crippen LogP contribution is 2.36. The minimum absolute atomic E-state index is 0.160. The molecule has 0 unspecified atom stereocenters. The normalized spacial score (nSPS) is 13.1. The lowest BCUT2D eigenvalue weighted by molar-refractivity contribution is -0.141. The van der Waals surface area contributed by atoms with Crippen LogP contribution in [0.5, 0.6) is 11.5 Å². The van der Waals surface area contributed by atoms with Crippen LogP contribution < -0.4 is 14.8 Å². The van der Waals surface area contributed by atoms with E-state index in [1.165, 1.54) is 6.92 Å². The van der Waals surface area contributed by atoms with Crippen molar-refractivity contribution in [1.29, 1.82) is 0 Å². The number of ether oxygens (including phenoxy) is 2.